The van der Waals surface area contributed by atoms with Crippen molar-refractivity contribution in [1.82, 2.24) is 10.3 Å². The van der Waals surface area contributed by atoms with Gasteiger partial charge in [-0.25, -0.2) is 8.42 Å². The molecule has 0 saturated carbocycles. The predicted molar refractivity (Wildman–Crippen MR) is 135 cm³/mol. The van der Waals surface area contributed by atoms with Crippen LogP contribution in [-0.2, 0) is 25.7 Å². The van der Waals surface area contributed by atoms with E-state index in [0.29, 0.717) is 24.8 Å². The highest BCUT2D eigenvalue weighted by molar-refractivity contribution is 9.09. The van der Waals surface area contributed by atoms with Crippen LogP contribution in [0.2, 0.25) is 0 Å². The number of halogens is 1. The lowest BCUT2D eigenvalue weighted by Crippen LogP contribution is -2.44. The first-order chi connectivity index (χ1) is 15.8. The number of pyridine rings is 1. The van der Waals surface area contributed by atoms with Crippen molar-refractivity contribution in [3.63, 3.8) is 0 Å². The van der Waals surface area contributed by atoms with Gasteiger partial charge in [-0.05, 0) is 75.8 Å². The van der Waals surface area contributed by atoms with Gasteiger partial charge in [0.1, 0.15) is 0 Å². The van der Waals surface area contributed by atoms with E-state index in [-0.39, 0.29) is 11.0 Å². The maximum absolute atomic E-state index is 13.8. The zero-order chi connectivity index (χ0) is 23.8. The van der Waals surface area contributed by atoms with E-state index in [9.17, 15) is 8.42 Å². The van der Waals surface area contributed by atoms with Crippen LogP contribution in [0.25, 0.3) is 0 Å². The minimum atomic E-state index is -3.76. The number of benzene rings is 1. The molecule has 1 aliphatic rings. The Hall–Kier alpha value is -1.32. The molecule has 0 radical (unpaired) electrons. The summed E-state index contributed by atoms with van der Waals surface area (Å²) in [6.45, 7) is 5.18. The Kier molecular flexibility index (Phi) is 9.88. The van der Waals surface area contributed by atoms with Gasteiger partial charge >= 0.3 is 0 Å². The summed E-state index contributed by atoms with van der Waals surface area (Å²) in [6.07, 6.45) is 4.22. The highest BCUT2D eigenvalue weighted by Gasteiger charge is 2.34. The number of rotatable bonds is 11. The van der Waals surface area contributed by atoms with Crippen molar-refractivity contribution in [2.24, 2.45) is 0 Å². The van der Waals surface area contributed by atoms with E-state index >= 15 is 0 Å². The van der Waals surface area contributed by atoms with Gasteiger partial charge in [0.25, 0.3) is 0 Å². The summed E-state index contributed by atoms with van der Waals surface area (Å²) in [5.41, 5.74) is 2.26. The van der Waals surface area contributed by atoms with Crippen LogP contribution in [0.15, 0.2) is 41.3 Å². The molecule has 33 heavy (non-hydrogen) atoms. The van der Waals surface area contributed by atoms with Crippen molar-refractivity contribution in [2.45, 2.75) is 68.4 Å². The Morgan fingerprint density at radius 2 is 1.91 bits per heavy atom. The number of nitrogens with zero attached hydrogens (tertiary/aromatic N) is 1. The molecular weight excluding hydrogens is 504 g/mol. The lowest BCUT2D eigenvalue weighted by molar-refractivity contribution is 0.00982. The molecule has 1 aliphatic heterocycles. The smallest absolute Gasteiger partial charge is 0.209 e. The minimum Gasteiger partial charge on any atom is -0.385 e. The number of unbranched alkanes of at least 4 members (excludes halogenated alkanes) is 1. The Balaban J connectivity index is 1.91. The number of aryl methyl sites for hydroxylation is 3. The summed E-state index contributed by atoms with van der Waals surface area (Å²) >= 11 is 3.52. The summed E-state index contributed by atoms with van der Waals surface area (Å²) in [5.74, 6) is 0. The standard InChI is InChI=1S/C25H35BrN2O4S/c1-18-7-11-24(12-8-18)33(29,30)25(32-23-10-9-22(16-26)27-17-23)20-14-19(2)28-21(15-20)6-4-5-13-31-3/h7-8,11-12,14-15,22-23,25,27H,4-6,9-10,13,16-17H2,1-3H3/t22-,23+,25?/m0/s1. The number of sulfone groups is 1. The fourth-order valence-electron chi connectivity index (χ4n) is 4.08. The molecule has 1 aromatic carbocycles. The molecule has 3 rings (SSSR count). The average Bonchev–Trinajstić information content (AvgIpc) is 2.80. The van der Waals surface area contributed by atoms with Crippen molar-refractivity contribution >= 4 is 25.8 Å². The number of ether oxygens (including phenoxy) is 2. The predicted octanol–water partition coefficient (Wildman–Crippen LogP) is 4.67. The third-order valence-corrected chi connectivity index (χ3v) is 8.60. The Bertz CT molecular complexity index is 990. The van der Waals surface area contributed by atoms with Crippen LogP contribution in [0.4, 0.5) is 0 Å². The number of hydrogen-bond donors (Lipinski definition) is 1. The summed E-state index contributed by atoms with van der Waals surface area (Å²) in [7, 11) is -2.06. The SMILES string of the molecule is COCCCCc1cc(C(O[C@@H]2CC[C@@H](CBr)NC2)S(=O)(=O)c2ccc(C)cc2)cc(C)n1. The summed E-state index contributed by atoms with van der Waals surface area (Å²) in [5, 5.41) is 4.32. The van der Waals surface area contributed by atoms with E-state index in [1.54, 1.807) is 19.2 Å². The van der Waals surface area contributed by atoms with Crippen LogP contribution in [0.1, 0.15) is 53.6 Å². The lowest BCUT2D eigenvalue weighted by Gasteiger charge is -2.32. The maximum Gasteiger partial charge on any atom is 0.209 e. The molecule has 1 fully saturated rings. The zero-order valence-corrected chi connectivity index (χ0v) is 22.1. The van der Waals surface area contributed by atoms with Crippen molar-refractivity contribution in [3.8, 4) is 0 Å². The molecular formula is C25H35BrN2O4S. The van der Waals surface area contributed by atoms with Gasteiger partial charge in [-0.1, -0.05) is 33.6 Å². The number of piperidine rings is 1. The van der Waals surface area contributed by atoms with Gasteiger partial charge in [0.2, 0.25) is 9.84 Å². The van der Waals surface area contributed by atoms with Crippen LogP contribution in [0.3, 0.4) is 0 Å². The molecule has 2 heterocycles. The second-order valence-electron chi connectivity index (χ2n) is 8.77. The number of nitrogens with one attached hydrogen (secondary N) is 1. The number of methoxy groups -OCH3 is 1. The molecule has 3 atom stereocenters. The fraction of sp³-hybridized carbons (Fsp3) is 0.560. The molecule has 1 unspecified atom stereocenters. The van der Waals surface area contributed by atoms with E-state index in [1.807, 2.05) is 38.1 Å². The minimum absolute atomic E-state index is 0.177. The Labute approximate surface area is 206 Å². The number of alkyl halides is 1. The third-order valence-electron chi connectivity index (χ3n) is 5.94. The third kappa shape index (κ3) is 7.33. The molecule has 8 heteroatoms. The number of hydrogen-bond acceptors (Lipinski definition) is 6. The Morgan fingerprint density at radius 1 is 1.15 bits per heavy atom. The van der Waals surface area contributed by atoms with Crippen LogP contribution in [-0.4, -0.2) is 51.1 Å². The van der Waals surface area contributed by atoms with Crippen LogP contribution >= 0.6 is 15.9 Å². The van der Waals surface area contributed by atoms with Gasteiger partial charge in [0.05, 0.1) is 11.0 Å². The van der Waals surface area contributed by atoms with E-state index in [1.165, 1.54) is 0 Å². The van der Waals surface area contributed by atoms with Gasteiger partial charge < -0.3 is 14.8 Å². The molecule has 182 valence electrons. The molecule has 0 spiro atoms. The zero-order valence-electron chi connectivity index (χ0n) is 19.7. The van der Waals surface area contributed by atoms with Crippen molar-refractivity contribution < 1.29 is 17.9 Å². The second-order valence-corrected chi connectivity index (χ2v) is 11.4. The second kappa shape index (κ2) is 12.4. The van der Waals surface area contributed by atoms with E-state index < -0.39 is 15.3 Å². The monoisotopic (exact) mass is 538 g/mol. The summed E-state index contributed by atoms with van der Waals surface area (Å²) < 4.78 is 39.0. The van der Waals surface area contributed by atoms with Gasteiger partial charge in [-0.3, -0.25) is 4.98 Å². The first kappa shape index (κ1) is 26.3. The normalized spacial score (nSPS) is 20.0. The molecule has 1 saturated heterocycles. The Morgan fingerprint density at radius 3 is 2.55 bits per heavy atom. The maximum atomic E-state index is 13.8. The van der Waals surface area contributed by atoms with Crippen LogP contribution in [0, 0.1) is 13.8 Å². The van der Waals surface area contributed by atoms with Crippen LogP contribution < -0.4 is 5.32 Å². The van der Waals surface area contributed by atoms with E-state index in [0.717, 1.165) is 54.4 Å². The number of aromatic nitrogens is 1. The van der Waals surface area contributed by atoms with Crippen molar-refractivity contribution in [3.05, 3.63) is 58.9 Å². The largest absolute Gasteiger partial charge is 0.385 e. The summed E-state index contributed by atoms with van der Waals surface area (Å²) in [6, 6.07) is 11.1. The molecule has 2 aromatic rings. The highest BCUT2D eigenvalue weighted by atomic mass is 79.9. The molecule has 0 bridgehead atoms. The lowest BCUT2D eigenvalue weighted by atomic mass is 10.0. The summed E-state index contributed by atoms with van der Waals surface area (Å²) in [4.78, 5) is 4.91. The van der Waals surface area contributed by atoms with Crippen LogP contribution in [0.5, 0.6) is 0 Å². The van der Waals surface area contributed by atoms with Crippen molar-refractivity contribution in [1.29, 1.82) is 0 Å². The highest BCUT2D eigenvalue weighted by Crippen LogP contribution is 2.33. The van der Waals surface area contributed by atoms with E-state index in [4.69, 9.17) is 9.47 Å². The first-order valence-electron chi connectivity index (χ1n) is 11.5. The molecule has 0 amide bonds. The topological polar surface area (TPSA) is 77.5 Å². The molecule has 1 N–H and O–H groups in total. The fourth-order valence-corrected chi connectivity index (χ4v) is 6.19. The van der Waals surface area contributed by atoms with Crippen molar-refractivity contribution in [2.75, 3.05) is 25.6 Å². The molecule has 0 aliphatic carbocycles. The van der Waals surface area contributed by atoms with Gasteiger partial charge in [0, 0.05) is 43.0 Å². The van der Waals surface area contributed by atoms with Gasteiger partial charge in [-0.2, -0.15) is 0 Å². The molecule has 1 aromatic heterocycles. The van der Waals surface area contributed by atoms with Gasteiger partial charge in [0.15, 0.2) is 5.44 Å². The average molecular weight is 540 g/mol. The molecule has 6 nitrogen and oxygen atoms in total. The first-order valence-corrected chi connectivity index (χ1v) is 14.2. The quantitative estimate of drug-likeness (QED) is 0.330. The van der Waals surface area contributed by atoms with E-state index in [2.05, 4.69) is 26.2 Å². The van der Waals surface area contributed by atoms with Gasteiger partial charge in [-0.15, -0.1) is 0 Å².